The second kappa shape index (κ2) is 21.8. The molecule has 0 aromatic heterocycles. The minimum absolute atomic E-state index is 0.0187. The Kier molecular flexibility index (Phi) is 16.3. The van der Waals surface area contributed by atoms with Crippen LogP contribution < -0.4 is 9.47 Å². The van der Waals surface area contributed by atoms with Gasteiger partial charge in [-0.15, -0.1) is 18.3 Å². The summed E-state index contributed by atoms with van der Waals surface area (Å²) in [6.07, 6.45) is 10.8. The highest BCUT2D eigenvalue weighted by Gasteiger charge is 2.65. The number of amides is 1. The summed E-state index contributed by atoms with van der Waals surface area (Å²) >= 11 is 1.66. The number of non-ortho nitro benzene ring substituents is 1. The number of allylic oxidation sites excluding steroid dienone is 1. The number of ether oxygens (including phenoxy) is 4. The fourth-order valence-electron chi connectivity index (χ4n) is 9.21. The summed E-state index contributed by atoms with van der Waals surface area (Å²) in [6.45, 7) is 8.68. The number of carbonyl (C=O) groups excluding carboxylic acids is 1. The Balaban J connectivity index is 1.55. The molecule has 3 aliphatic rings. The predicted octanol–water partition coefficient (Wildman–Crippen LogP) is 9.81. The average Bonchev–Trinajstić information content (AvgIpc) is 3.27. The van der Waals surface area contributed by atoms with Crippen molar-refractivity contribution in [2.24, 2.45) is 22.9 Å². The molecule has 0 radical (unpaired) electrons. The minimum atomic E-state index is -1.42. The molecule has 14 heteroatoms. The van der Waals surface area contributed by atoms with Gasteiger partial charge in [-0.2, -0.15) is 0 Å². The van der Waals surface area contributed by atoms with Crippen molar-refractivity contribution in [3.8, 4) is 17.2 Å². The first-order chi connectivity index (χ1) is 29.7. The number of oxime groups is 1. The van der Waals surface area contributed by atoms with E-state index >= 15 is 0 Å². The number of rotatable bonds is 22. The molecular weight excluding hydrogens is 799 g/mol. The number of carbonyl (C=O) groups is 1. The first kappa shape index (κ1) is 45.6. The highest BCUT2D eigenvalue weighted by molar-refractivity contribution is 7.98. The molecule has 6 rings (SSSR count). The van der Waals surface area contributed by atoms with E-state index in [1.807, 2.05) is 49.6 Å². The van der Waals surface area contributed by atoms with Crippen molar-refractivity contribution >= 4 is 29.3 Å². The van der Waals surface area contributed by atoms with E-state index in [0.29, 0.717) is 54.3 Å². The third kappa shape index (κ3) is 10.4. The number of nitro groups is 1. The van der Waals surface area contributed by atoms with E-state index in [-0.39, 0.29) is 62.9 Å². The number of hydrogen-bond donors (Lipinski definition) is 2. The van der Waals surface area contributed by atoms with Gasteiger partial charge in [-0.05, 0) is 123 Å². The third-order valence-electron chi connectivity index (χ3n) is 11.8. The molecule has 0 saturated heterocycles. The molecule has 1 aliphatic heterocycles. The summed E-state index contributed by atoms with van der Waals surface area (Å²) in [5, 5.41) is 36.0. The number of unbranched alkanes of at least 4 members (excludes halogenated alkanes) is 2. The van der Waals surface area contributed by atoms with Gasteiger partial charge in [-0.3, -0.25) is 15.0 Å². The zero-order valence-corrected chi connectivity index (χ0v) is 36.2. The van der Waals surface area contributed by atoms with Crippen molar-refractivity contribution in [1.29, 1.82) is 0 Å². The number of hydrogen-bond acceptors (Lipinski definition) is 12. The Hall–Kier alpha value is -4.89. The number of fused-ring (bicyclic) bond motifs is 2. The highest BCUT2D eigenvalue weighted by atomic mass is 32.2. The summed E-state index contributed by atoms with van der Waals surface area (Å²) in [4.78, 5) is 33.9. The lowest BCUT2D eigenvalue weighted by Gasteiger charge is -2.59. The maximum atomic E-state index is 14.1. The quantitative estimate of drug-likeness (QED) is 0.0325. The zero-order chi connectivity index (χ0) is 43.4. The fourth-order valence-corrected chi connectivity index (χ4v) is 9.62. The van der Waals surface area contributed by atoms with E-state index in [4.69, 9.17) is 28.9 Å². The van der Waals surface area contributed by atoms with Gasteiger partial charge in [-0.25, -0.2) is 4.79 Å². The van der Waals surface area contributed by atoms with Crippen LogP contribution in [0.2, 0.25) is 0 Å². The molecule has 2 N–H and O–H groups in total. The van der Waals surface area contributed by atoms with E-state index in [9.17, 15) is 25.1 Å². The molecule has 0 bridgehead atoms. The Bertz CT molecular complexity index is 2010. The van der Waals surface area contributed by atoms with E-state index in [2.05, 4.69) is 18.7 Å². The van der Waals surface area contributed by atoms with Crippen LogP contribution >= 0.6 is 11.8 Å². The van der Waals surface area contributed by atoms with Gasteiger partial charge in [0.1, 0.15) is 29.9 Å². The molecule has 6 atom stereocenters. The highest BCUT2D eigenvalue weighted by Crippen LogP contribution is 2.62. The fraction of sp³-hybridized carbons (Fsp3) is 0.489. The molecular formula is C47H59N3O10S. The Morgan fingerprint density at radius 3 is 2.41 bits per heavy atom. The second-order valence-corrected chi connectivity index (χ2v) is 16.5. The lowest BCUT2D eigenvalue weighted by Crippen LogP contribution is -2.70. The van der Waals surface area contributed by atoms with Crippen LogP contribution in [0.5, 0.6) is 17.2 Å². The van der Waals surface area contributed by atoms with Crippen molar-refractivity contribution in [2.75, 3.05) is 39.2 Å². The summed E-state index contributed by atoms with van der Waals surface area (Å²) in [6, 6.07) is 19.3. The van der Waals surface area contributed by atoms with E-state index < -0.39 is 28.8 Å². The van der Waals surface area contributed by atoms with Gasteiger partial charge in [0.15, 0.2) is 0 Å². The molecule has 328 valence electrons. The third-order valence-corrected chi connectivity index (χ3v) is 12.6. The SMILES string of the molecule is C=CCO[C@@]12Oc3ccc(Oc4ccc(SC)cc4)cc3[C@H]3[C@H](CCCCO)[C@@H](CCCCO)C=C(C(=NOCc4ccc([N+](=O)[O-])cc4)C[C@@H]1N(CCC)C(=O)OCC)[C@H]32. The van der Waals surface area contributed by atoms with Gasteiger partial charge in [0, 0.05) is 54.7 Å². The first-order valence-corrected chi connectivity index (χ1v) is 22.6. The molecule has 13 nitrogen and oxygen atoms in total. The number of aliphatic hydroxyl groups excluding tert-OH is 2. The number of nitrogens with zero attached hydrogens (tertiary/aromatic N) is 3. The lowest BCUT2D eigenvalue weighted by molar-refractivity contribution is -0.384. The molecule has 3 aromatic rings. The summed E-state index contributed by atoms with van der Waals surface area (Å²) < 4.78 is 26.5. The second-order valence-electron chi connectivity index (χ2n) is 15.6. The Morgan fingerprint density at radius 2 is 1.75 bits per heavy atom. The molecule has 1 fully saturated rings. The van der Waals surface area contributed by atoms with Gasteiger partial charge in [0.05, 0.1) is 29.8 Å². The Labute approximate surface area is 362 Å². The molecule has 2 aliphatic carbocycles. The average molecular weight is 858 g/mol. The van der Waals surface area contributed by atoms with Gasteiger partial charge in [0.25, 0.3) is 5.69 Å². The van der Waals surface area contributed by atoms with Crippen LogP contribution in [0.15, 0.2) is 101 Å². The molecule has 1 heterocycles. The number of benzene rings is 3. The van der Waals surface area contributed by atoms with E-state index in [1.54, 1.807) is 41.8 Å². The number of nitro benzene ring substituents is 1. The van der Waals surface area contributed by atoms with E-state index in [0.717, 1.165) is 41.7 Å². The van der Waals surface area contributed by atoms with Gasteiger partial charge >= 0.3 is 6.09 Å². The molecule has 1 saturated carbocycles. The normalized spacial score (nSPS) is 23.2. The van der Waals surface area contributed by atoms with Crippen LogP contribution in [-0.2, 0) is 20.9 Å². The summed E-state index contributed by atoms with van der Waals surface area (Å²) in [5.74, 6) is -0.107. The van der Waals surface area contributed by atoms with Crippen molar-refractivity contribution in [3.05, 3.63) is 112 Å². The molecule has 3 aromatic carbocycles. The zero-order valence-electron chi connectivity index (χ0n) is 35.4. The van der Waals surface area contributed by atoms with Crippen LogP contribution in [0.3, 0.4) is 0 Å². The lowest BCUT2D eigenvalue weighted by atomic mass is 9.55. The monoisotopic (exact) mass is 857 g/mol. The summed E-state index contributed by atoms with van der Waals surface area (Å²) in [5.41, 5.74) is 3.16. The van der Waals surface area contributed by atoms with Crippen molar-refractivity contribution < 1.29 is 43.7 Å². The minimum Gasteiger partial charge on any atom is -0.459 e. The Morgan fingerprint density at radius 1 is 1.03 bits per heavy atom. The largest absolute Gasteiger partial charge is 0.459 e. The van der Waals surface area contributed by atoms with Crippen LogP contribution in [0.4, 0.5) is 10.5 Å². The standard InChI is InChI=1S/C47H59N3O10S/c1-5-24-49(46(53)56-7-3)43-30-41(48-58-31-32-14-16-34(17-15-32)50(54)55)39-28-33(12-8-10-25-51)38(13-9-11-26-52)44-40-29-36(59-35-18-21-37(61-4)22-19-35)20-23-42(40)60-47(43,45(39)44)57-27-6-2/h6,14-23,28-29,33,38,43-45,51-52H,2,5,7-13,24-27,30-31H2,1,3-4H3/t33-,38+,43-,44+,45+,47+/m0/s1. The topological polar surface area (TPSA) is 162 Å². The van der Waals surface area contributed by atoms with Gasteiger partial charge in [0.2, 0.25) is 5.79 Å². The first-order valence-electron chi connectivity index (χ1n) is 21.4. The van der Waals surface area contributed by atoms with Gasteiger partial charge in [-0.1, -0.05) is 37.1 Å². The van der Waals surface area contributed by atoms with Crippen LogP contribution in [-0.4, -0.2) is 82.9 Å². The number of thioether (sulfide) groups is 1. The maximum absolute atomic E-state index is 14.1. The summed E-state index contributed by atoms with van der Waals surface area (Å²) in [7, 11) is 0. The van der Waals surface area contributed by atoms with Crippen molar-refractivity contribution in [1.82, 2.24) is 4.90 Å². The molecule has 0 spiro atoms. The molecule has 0 unspecified atom stereocenters. The van der Waals surface area contributed by atoms with Gasteiger partial charge < -0.3 is 34.0 Å². The van der Waals surface area contributed by atoms with Crippen LogP contribution in [0.25, 0.3) is 0 Å². The van der Waals surface area contributed by atoms with E-state index in [1.165, 1.54) is 12.1 Å². The van der Waals surface area contributed by atoms with Crippen LogP contribution in [0.1, 0.15) is 82.3 Å². The predicted molar refractivity (Wildman–Crippen MR) is 235 cm³/mol. The van der Waals surface area contributed by atoms with Crippen molar-refractivity contribution in [3.63, 3.8) is 0 Å². The molecule has 61 heavy (non-hydrogen) atoms. The van der Waals surface area contributed by atoms with Crippen LogP contribution in [0, 0.1) is 27.9 Å². The smallest absolute Gasteiger partial charge is 0.410 e. The van der Waals surface area contributed by atoms with Crippen molar-refractivity contribution in [2.45, 2.75) is 94.5 Å². The molecule has 1 amide bonds. The maximum Gasteiger partial charge on any atom is 0.410 e. The number of aliphatic hydroxyl groups is 2.